The second kappa shape index (κ2) is 5.87. The summed E-state index contributed by atoms with van der Waals surface area (Å²) in [5, 5.41) is 3.31. The van der Waals surface area contributed by atoms with Gasteiger partial charge >= 0.3 is 0 Å². The van der Waals surface area contributed by atoms with Gasteiger partial charge in [-0.3, -0.25) is 0 Å². The summed E-state index contributed by atoms with van der Waals surface area (Å²) >= 11 is 0. The summed E-state index contributed by atoms with van der Waals surface area (Å²) < 4.78 is 13.5. The Kier molecular flexibility index (Phi) is 3.92. The van der Waals surface area contributed by atoms with Crippen LogP contribution in [-0.2, 0) is 6.42 Å². The number of benzene rings is 1. The van der Waals surface area contributed by atoms with Crippen LogP contribution in [0.4, 0.5) is 16.3 Å². The standard InChI is InChI=1S/C16H20FN5/c1-9-7-8-11-5-3-4-6-12(11)13(9)19-16-21-14(10(2)17)20-15(18)22-16/h3-6,9-10,13H,7-8H2,1-2H3,(H3,18,19,20,21,22). The van der Waals surface area contributed by atoms with E-state index in [1.165, 1.54) is 18.1 Å². The summed E-state index contributed by atoms with van der Waals surface area (Å²) in [6, 6.07) is 8.44. The van der Waals surface area contributed by atoms with Gasteiger partial charge in [-0.15, -0.1) is 0 Å². The first-order valence-electron chi connectivity index (χ1n) is 7.54. The summed E-state index contributed by atoms with van der Waals surface area (Å²) in [4.78, 5) is 12.1. The number of alkyl halides is 1. The van der Waals surface area contributed by atoms with Crippen LogP contribution in [0.25, 0.3) is 0 Å². The molecule has 1 heterocycles. The average molecular weight is 301 g/mol. The van der Waals surface area contributed by atoms with Crippen LogP contribution in [0.1, 0.15) is 49.4 Å². The molecular weight excluding hydrogens is 281 g/mol. The molecule has 2 aromatic rings. The lowest BCUT2D eigenvalue weighted by atomic mass is 9.81. The third-order valence-corrected chi connectivity index (χ3v) is 4.14. The van der Waals surface area contributed by atoms with Crippen molar-refractivity contribution in [3.8, 4) is 0 Å². The van der Waals surface area contributed by atoms with E-state index in [0.29, 0.717) is 11.9 Å². The summed E-state index contributed by atoms with van der Waals surface area (Å²) in [5.74, 6) is 0.861. The van der Waals surface area contributed by atoms with E-state index >= 15 is 0 Å². The number of halogens is 1. The maximum atomic E-state index is 13.5. The molecule has 1 aliphatic carbocycles. The van der Waals surface area contributed by atoms with Crippen molar-refractivity contribution in [2.24, 2.45) is 5.92 Å². The smallest absolute Gasteiger partial charge is 0.228 e. The normalized spacial score (nSPS) is 22.0. The minimum absolute atomic E-state index is 0.0359. The molecule has 1 aliphatic rings. The Hall–Kier alpha value is -2.24. The Morgan fingerprint density at radius 3 is 2.82 bits per heavy atom. The van der Waals surface area contributed by atoms with Crippen LogP contribution in [0.3, 0.4) is 0 Å². The van der Waals surface area contributed by atoms with Gasteiger partial charge in [-0.2, -0.15) is 15.0 Å². The van der Waals surface area contributed by atoms with Gasteiger partial charge in [0.2, 0.25) is 11.9 Å². The molecule has 3 rings (SSSR count). The van der Waals surface area contributed by atoms with Gasteiger partial charge in [0.1, 0.15) is 0 Å². The molecule has 116 valence electrons. The monoisotopic (exact) mass is 301 g/mol. The molecule has 0 fully saturated rings. The lowest BCUT2D eigenvalue weighted by Crippen LogP contribution is -2.26. The summed E-state index contributed by atoms with van der Waals surface area (Å²) in [5.41, 5.74) is 8.24. The zero-order valence-corrected chi connectivity index (χ0v) is 12.8. The molecule has 3 N–H and O–H groups in total. The van der Waals surface area contributed by atoms with E-state index in [1.54, 1.807) is 0 Å². The van der Waals surface area contributed by atoms with E-state index in [1.807, 2.05) is 6.07 Å². The second-order valence-corrected chi connectivity index (χ2v) is 5.83. The zero-order chi connectivity index (χ0) is 15.7. The molecule has 0 spiro atoms. The zero-order valence-electron chi connectivity index (χ0n) is 12.8. The Bertz CT molecular complexity index is 673. The van der Waals surface area contributed by atoms with Crippen molar-refractivity contribution in [1.82, 2.24) is 15.0 Å². The molecule has 0 bridgehead atoms. The molecule has 0 saturated heterocycles. The van der Waals surface area contributed by atoms with Gasteiger partial charge in [0.05, 0.1) is 6.04 Å². The van der Waals surface area contributed by atoms with E-state index < -0.39 is 6.17 Å². The maximum Gasteiger partial charge on any atom is 0.228 e. The molecule has 0 aliphatic heterocycles. The van der Waals surface area contributed by atoms with Gasteiger partial charge in [-0.1, -0.05) is 31.2 Å². The topological polar surface area (TPSA) is 76.7 Å². The molecule has 3 atom stereocenters. The van der Waals surface area contributed by atoms with Crippen molar-refractivity contribution in [3.63, 3.8) is 0 Å². The lowest BCUT2D eigenvalue weighted by Gasteiger charge is -2.32. The number of aryl methyl sites for hydroxylation is 1. The highest BCUT2D eigenvalue weighted by Gasteiger charge is 2.27. The van der Waals surface area contributed by atoms with Crippen LogP contribution in [0.5, 0.6) is 0 Å². The van der Waals surface area contributed by atoms with Crippen molar-refractivity contribution < 1.29 is 4.39 Å². The van der Waals surface area contributed by atoms with Crippen LogP contribution in [-0.4, -0.2) is 15.0 Å². The molecule has 5 nitrogen and oxygen atoms in total. The fraction of sp³-hybridized carbons (Fsp3) is 0.438. The van der Waals surface area contributed by atoms with Crippen molar-refractivity contribution in [2.45, 2.75) is 38.9 Å². The van der Waals surface area contributed by atoms with Gasteiger partial charge in [-0.25, -0.2) is 4.39 Å². The third-order valence-electron chi connectivity index (χ3n) is 4.14. The highest BCUT2D eigenvalue weighted by molar-refractivity contribution is 5.40. The summed E-state index contributed by atoms with van der Waals surface area (Å²) in [7, 11) is 0. The highest BCUT2D eigenvalue weighted by Crippen LogP contribution is 2.36. The number of nitrogens with zero attached hydrogens (tertiary/aromatic N) is 3. The van der Waals surface area contributed by atoms with Gasteiger partial charge in [-0.05, 0) is 36.8 Å². The second-order valence-electron chi connectivity index (χ2n) is 5.83. The molecule has 0 saturated carbocycles. The Balaban J connectivity index is 1.93. The number of rotatable bonds is 3. The van der Waals surface area contributed by atoms with E-state index in [2.05, 4.69) is 45.4 Å². The Morgan fingerprint density at radius 2 is 2.05 bits per heavy atom. The number of anilines is 2. The number of nitrogens with two attached hydrogens (primary N) is 1. The van der Waals surface area contributed by atoms with E-state index in [-0.39, 0.29) is 17.8 Å². The highest BCUT2D eigenvalue weighted by atomic mass is 19.1. The van der Waals surface area contributed by atoms with E-state index in [4.69, 9.17) is 5.73 Å². The first-order chi connectivity index (χ1) is 10.5. The number of aromatic nitrogens is 3. The van der Waals surface area contributed by atoms with Crippen molar-refractivity contribution in [1.29, 1.82) is 0 Å². The van der Waals surface area contributed by atoms with Crippen LogP contribution in [0.15, 0.2) is 24.3 Å². The molecule has 0 radical (unpaired) electrons. The molecular formula is C16H20FN5. The first kappa shape index (κ1) is 14.7. The predicted molar refractivity (Wildman–Crippen MR) is 84.1 cm³/mol. The van der Waals surface area contributed by atoms with Gasteiger partial charge < -0.3 is 11.1 Å². The van der Waals surface area contributed by atoms with Crippen LogP contribution in [0, 0.1) is 5.92 Å². The molecule has 0 amide bonds. The number of hydrogen-bond acceptors (Lipinski definition) is 5. The van der Waals surface area contributed by atoms with Crippen LogP contribution in [0.2, 0.25) is 0 Å². The van der Waals surface area contributed by atoms with E-state index in [0.717, 1.165) is 12.8 Å². The molecule has 22 heavy (non-hydrogen) atoms. The molecule has 1 aromatic heterocycles. The first-order valence-corrected chi connectivity index (χ1v) is 7.54. The number of nitrogen functional groups attached to an aromatic ring is 1. The maximum absolute atomic E-state index is 13.5. The van der Waals surface area contributed by atoms with Gasteiger partial charge in [0.15, 0.2) is 12.0 Å². The predicted octanol–water partition coefficient (Wildman–Crippen LogP) is 3.22. The Morgan fingerprint density at radius 1 is 1.27 bits per heavy atom. The minimum Gasteiger partial charge on any atom is -0.368 e. The van der Waals surface area contributed by atoms with Crippen LogP contribution >= 0.6 is 0 Å². The van der Waals surface area contributed by atoms with Crippen molar-refractivity contribution in [2.75, 3.05) is 11.1 Å². The SMILES string of the molecule is CC(F)c1nc(N)nc(NC2c3ccccc3CCC2C)n1. The van der Waals surface area contributed by atoms with Crippen molar-refractivity contribution in [3.05, 3.63) is 41.2 Å². The van der Waals surface area contributed by atoms with E-state index in [9.17, 15) is 4.39 Å². The molecule has 6 heteroatoms. The van der Waals surface area contributed by atoms with Gasteiger partial charge in [0.25, 0.3) is 0 Å². The lowest BCUT2D eigenvalue weighted by molar-refractivity contribution is 0.356. The van der Waals surface area contributed by atoms with Crippen molar-refractivity contribution >= 4 is 11.9 Å². The Labute approximate surface area is 129 Å². The summed E-state index contributed by atoms with van der Waals surface area (Å²) in [6.45, 7) is 3.58. The number of nitrogens with one attached hydrogen (secondary N) is 1. The fourth-order valence-corrected chi connectivity index (χ4v) is 2.93. The molecule has 3 unspecified atom stereocenters. The minimum atomic E-state index is -1.28. The average Bonchev–Trinajstić information content (AvgIpc) is 2.49. The largest absolute Gasteiger partial charge is 0.368 e. The third kappa shape index (κ3) is 2.86. The quantitative estimate of drug-likeness (QED) is 0.910. The summed E-state index contributed by atoms with van der Waals surface area (Å²) in [6.07, 6.45) is 0.880. The molecule has 1 aromatic carbocycles. The fourth-order valence-electron chi connectivity index (χ4n) is 2.93. The van der Waals surface area contributed by atoms with Crippen LogP contribution < -0.4 is 11.1 Å². The number of fused-ring (bicyclic) bond motifs is 1. The van der Waals surface area contributed by atoms with Gasteiger partial charge in [0, 0.05) is 0 Å². The number of hydrogen-bond donors (Lipinski definition) is 2.